The van der Waals surface area contributed by atoms with Crippen molar-refractivity contribution in [1.29, 1.82) is 0 Å². The minimum Gasteiger partial charge on any atom is -0.459 e. The van der Waals surface area contributed by atoms with Crippen LogP contribution in [0.15, 0.2) is 65.1 Å². The van der Waals surface area contributed by atoms with Crippen molar-refractivity contribution >= 4 is 16.9 Å². The lowest BCUT2D eigenvalue weighted by molar-refractivity contribution is -0.122. The smallest absolute Gasteiger partial charge is 0.220 e. The lowest BCUT2D eigenvalue weighted by Gasteiger charge is -2.17. The van der Waals surface area contributed by atoms with E-state index in [1.54, 1.807) is 0 Å². The predicted molar refractivity (Wildman–Crippen MR) is 96.7 cm³/mol. The summed E-state index contributed by atoms with van der Waals surface area (Å²) < 4.78 is 6.00. The molecule has 24 heavy (non-hydrogen) atoms. The first-order chi connectivity index (χ1) is 11.6. The zero-order valence-corrected chi connectivity index (χ0v) is 14.2. The Labute approximate surface area is 142 Å². The molecule has 0 spiro atoms. The average molecular weight is 321 g/mol. The van der Waals surface area contributed by atoms with Crippen LogP contribution in [0.25, 0.3) is 11.0 Å². The molecule has 3 rings (SSSR count). The number of furan rings is 1. The number of rotatable bonds is 6. The molecule has 2 aromatic carbocycles. The third-order valence-electron chi connectivity index (χ3n) is 4.12. The van der Waals surface area contributed by atoms with Crippen LogP contribution in [0, 0.1) is 5.92 Å². The Morgan fingerprint density at radius 2 is 1.75 bits per heavy atom. The molecule has 0 bridgehead atoms. The molecular weight excluding hydrogens is 298 g/mol. The molecule has 3 heteroatoms. The molecule has 0 aliphatic rings. The van der Waals surface area contributed by atoms with E-state index >= 15 is 0 Å². The van der Waals surface area contributed by atoms with Gasteiger partial charge in [-0.25, -0.2) is 0 Å². The number of hydrogen-bond acceptors (Lipinski definition) is 2. The van der Waals surface area contributed by atoms with Gasteiger partial charge in [0.2, 0.25) is 5.91 Å². The molecule has 1 atom stereocenters. The highest BCUT2D eigenvalue weighted by Crippen LogP contribution is 2.28. The number of carbonyl (C=O) groups is 1. The molecule has 1 unspecified atom stereocenters. The second kappa shape index (κ2) is 7.35. The summed E-state index contributed by atoms with van der Waals surface area (Å²) in [5.41, 5.74) is 1.86. The molecule has 3 nitrogen and oxygen atoms in total. The largest absolute Gasteiger partial charge is 0.459 e. The van der Waals surface area contributed by atoms with Crippen molar-refractivity contribution in [2.75, 3.05) is 0 Å². The Hall–Kier alpha value is -2.55. The molecule has 3 aromatic rings. The predicted octanol–water partition coefficient (Wildman–Crippen LogP) is 5.07. The van der Waals surface area contributed by atoms with E-state index in [1.807, 2.05) is 60.7 Å². The number of para-hydroxylation sites is 1. The summed E-state index contributed by atoms with van der Waals surface area (Å²) in [6.07, 6.45) is 1.41. The highest BCUT2D eigenvalue weighted by Gasteiger charge is 2.20. The van der Waals surface area contributed by atoms with Crippen molar-refractivity contribution in [3.8, 4) is 0 Å². The zero-order chi connectivity index (χ0) is 16.9. The monoisotopic (exact) mass is 321 g/mol. The van der Waals surface area contributed by atoms with Crippen molar-refractivity contribution in [2.45, 2.75) is 32.7 Å². The zero-order valence-electron chi connectivity index (χ0n) is 14.2. The Kier molecular flexibility index (Phi) is 4.99. The Morgan fingerprint density at radius 1 is 1.04 bits per heavy atom. The first-order valence-corrected chi connectivity index (χ1v) is 8.46. The summed E-state index contributed by atoms with van der Waals surface area (Å²) in [6, 6.07) is 19.6. The van der Waals surface area contributed by atoms with E-state index in [0.29, 0.717) is 12.3 Å². The van der Waals surface area contributed by atoms with Gasteiger partial charge in [-0.2, -0.15) is 0 Å². The van der Waals surface area contributed by atoms with Gasteiger partial charge in [0.05, 0.1) is 0 Å². The van der Waals surface area contributed by atoms with Gasteiger partial charge >= 0.3 is 0 Å². The van der Waals surface area contributed by atoms with Gasteiger partial charge in [-0.15, -0.1) is 0 Å². The third-order valence-corrected chi connectivity index (χ3v) is 4.12. The van der Waals surface area contributed by atoms with Gasteiger partial charge in [-0.05, 0) is 30.0 Å². The van der Waals surface area contributed by atoms with Crippen LogP contribution in [0.1, 0.15) is 44.1 Å². The number of amides is 1. The highest BCUT2D eigenvalue weighted by molar-refractivity contribution is 5.79. The molecule has 124 valence electrons. The number of hydrogen-bond donors (Lipinski definition) is 1. The van der Waals surface area contributed by atoms with Gasteiger partial charge in [0.1, 0.15) is 17.4 Å². The summed E-state index contributed by atoms with van der Waals surface area (Å²) in [7, 11) is 0. The molecule has 0 fully saturated rings. The SMILES string of the molecule is CC(C)CCC(=O)NC(c1ccccc1)c1cc2ccccc2o1. The minimum atomic E-state index is -0.265. The Morgan fingerprint density at radius 3 is 2.46 bits per heavy atom. The molecule has 0 aliphatic heterocycles. The molecule has 0 radical (unpaired) electrons. The normalized spacial score (nSPS) is 12.5. The van der Waals surface area contributed by atoms with E-state index in [1.165, 1.54) is 0 Å². The summed E-state index contributed by atoms with van der Waals surface area (Å²) >= 11 is 0. The molecule has 1 heterocycles. The molecule has 0 saturated heterocycles. The topological polar surface area (TPSA) is 42.2 Å². The summed E-state index contributed by atoms with van der Waals surface area (Å²) in [4.78, 5) is 12.4. The van der Waals surface area contributed by atoms with Crippen molar-refractivity contribution in [3.05, 3.63) is 72.0 Å². The van der Waals surface area contributed by atoms with Crippen LogP contribution in [0.2, 0.25) is 0 Å². The van der Waals surface area contributed by atoms with Crippen LogP contribution in [0.5, 0.6) is 0 Å². The third kappa shape index (κ3) is 3.85. The van der Waals surface area contributed by atoms with Crippen molar-refractivity contribution in [1.82, 2.24) is 5.32 Å². The number of fused-ring (bicyclic) bond motifs is 1. The quantitative estimate of drug-likeness (QED) is 0.688. The number of benzene rings is 2. The molecule has 0 saturated carbocycles. The lowest BCUT2D eigenvalue weighted by Crippen LogP contribution is -2.29. The van der Waals surface area contributed by atoms with Gasteiger partial charge < -0.3 is 9.73 Å². The maximum absolute atomic E-state index is 12.4. The Bertz CT molecular complexity index is 772. The van der Waals surface area contributed by atoms with Crippen LogP contribution in [-0.2, 0) is 4.79 Å². The van der Waals surface area contributed by atoms with Gasteiger partial charge in [0.15, 0.2) is 0 Å². The van der Waals surface area contributed by atoms with Crippen LogP contribution in [0.4, 0.5) is 0 Å². The maximum Gasteiger partial charge on any atom is 0.220 e. The number of nitrogens with one attached hydrogen (secondary N) is 1. The van der Waals surface area contributed by atoms with Crippen LogP contribution in [-0.4, -0.2) is 5.91 Å². The van der Waals surface area contributed by atoms with Crippen LogP contribution in [0.3, 0.4) is 0 Å². The summed E-state index contributed by atoms with van der Waals surface area (Å²) in [5, 5.41) is 4.18. The average Bonchev–Trinajstić information content (AvgIpc) is 3.02. The van der Waals surface area contributed by atoms with E-state index in [0.717, 1.165) is 28.7 Å². The van der Waals surface area contributed by atoms with Crippen LogP contribution >= 0.6 is 0 Å². The fourth-order valence-corrected chi connectivity index (χ4v) is 2.76. The van der Waals surface area contributed by atoms with E-state index in [-0.39, 0.29) is 11.9 Å². The number of carbonyl (C=O) groups excluding carboxylic acids is 1. The first-order valence-electron chi connectivity index (χ1n) is 8.46. The summed E-state index contributed by atoms with van der Waals surface area (Å²) in [6.45, 7) is 4.25. The van der Waals surface area contributed by atoms with Gasteiger partial charge in [-0.3, -0.25) is 4.79 Å². The second-order valence-electron chi connectivity index (χ2n) is 6.53. The fraction of sp³-hybridized carbons (Fsp3) is 0.286. The van der Waals surface area contributed by atoms with E-state index in [2.05, 4.69) is 19.2 Å². The summed E-state index contributed by atoms with van der Waals surface area (Å²) in [5.74, 6) is 1.33. The lowest BCUT2D eigenvalue weighted by atomic mass is 10.0. The van der Waals surface area contributed by atoms with Crippen molar-refractivity contribution in [3.63, 3.8) is 0 Å². The fourth-order valence-electron chi connectivity index (χ4n) is 2.76. The Balaban J connectivity index is 1.89. The second-order valence-corrected chi connectivity index (χ2v) is 6.53. The standard InChI is InChI=1S/C21H23NO2/c1-15(2)12-13-20(23)22-21(16-8-4-3-5-9-16)19-14-17-10-6-7-11-18(17)24-19/h3-11,14-15,21H,12-13H2,1-2H3,(H,22,23). The highest BCUT2D eigenvalue weighted by atomic mass is 16.3. The van der Waals surface area contributed by atoms with Gasteiger partial charge in [-0.1, -0.05) is 62.4 Å². The van der Waals surface area contributed by atoms with E-state index in [9.17, 15) is 4.79 Å². The molecule has 1 N–H and O–H groups in total. The maximum atomic E-state index is 12.4. The van der Waals surface area contributed by atoms with Gasteiger partial charge in [0, 0.05) is 11.8 Å². The molecule has 0 aliphatic carbocycles. The van der Waals surface area contributed by atoms with Crippen molar-refractivity contribution in [2.24, 2.45) is 5.92 Å². The minimum absolute atomic E-state index is 0.0537. The van der Waals surface area contributed by atoms with Crippen LogP contribution < -0.4 is 5.32 Å². The first kappa shape index (κ1) is 16.3. The van der Waals surface area contributed by atoms with E-state index < -0.39 is 0 Å². The van der Waals surface area contributed by atoms with Crippen molar-refractivity contribution < 1.29 is 9.21 Å². The molecule has 1 aromatic heterocycles. The van der Waals surface area contributed by atoms with Gasteiger partial charge in [0.25, 0.3) is 0 Å². The van der Waals surface area contributed by atoms with E-state index in [4.69, 9.17) is 4.42 Å². The molecular formula is C21H23NO2. The molecule has 1 amide bonds.